The lowest BCUT2D eigenvalue weighted by Crippen LogP contribution is -2.33. The van der Waals surface area contributed by atoms with Crippen LogP contribution in [0.5, 0.6) is 5.75 Å². The van der Waals surface area contributed by atoms with Crippen LogP contribution >= 0.6 is 0 Å². The Morgan fingerprint density at radius 1 is 1.50 bits per heavy atom. The first kappa shape index (κ1) is 13.3. The maximum atomic E-state index is 5.44. The summed E-state index contributed by atoms with van der Waals surface area (Å²) in [5.74, 6) is 1.44. The van der Waals surface area contributed by atoms with Gasteiger partial charge in [-0.2, -0.15) is 0 Å². The zero-order valence-electron chi connectivity index (χ0n) is 11.2. The Hall–Kier alpha value is -1.13. The van der Waals surface area contributed by atoms with Crippen LogP contribution in [0.2, 0.25) is 0 Å². The SMILES string of the molecule is CCNC(c1ncccc1OC)C1CCOCC1. The van der Waals surface area contributed by atoms with Crippen LogP contribution in [-0.2, 0) is 4.74 Å². The summed E-state index contributed by atoms with van der Waals surface area (Å²) in [6, 6.07) is 4.15. The van der Waals surface area contributed by atoms with Gasteiger partial charge in [-0.15, -0.1) is 0 Å². The van der Waals surface area contributed by atoms with Crippen molar-refractivity contribution in [3.63, 3.8) is 0 Å². The summed E-state index contributed by atoms with van der Waals surface area (Å²) in [5, 5.41) is 3.55. The van der Waals surface area contributed by atoms with Crippen molar-refractivity contribution in [2.75, 3.05) is 26.9 Å². The summed E-state index contributed by atoms with van der Waals surface area (Å²) in [6.07, 6.45) is 4.00. The Bertz CT molecular complexity index is 365. The molecule has 0 aliphatic carbocycles. The number of pyridine rings is 1. The van der Waals surface area contributed by atoms with Crippen molar-refractivity contribution in [1.82, 2.24) is 10.3 Å². The van der Waals surface area contributed by atoms with Crippen LogP contribution in [0.3, 0.4) is 0 Å². The van der Waals surface area contributed by atoms with Crippen LogP contribution in [0.15, 0.2) is 18.3 Å². The van der Waals surface area contributed by atoms with Gasteiger partial charge in [-0.1, -0.05) is 6.92 Å². The molecule has 18 heavy (non-hydrogen) atoms. The fraction of sp³-hybridized carbons (Fsp3) is 0.643. The molecule has 0 saturated carbocycles. The smallest absolute Gasteiger partial charge is 0.141 e. The molecule has 1 atom stereocenters. The number of hydrogen-bond acceptors (Lipinski definition) is 4. The van der Waals surface area contributed by atoms with E-state index < -0.39 is 0 Å². The first-order chi connectivity index (χ1) is 8.86. The van der Waals surface area contributed by atoms with Crippen LogP contribution < -0.4 is 10.1 Å². The number of methoxy groups -OCH3 is 1. The average Bonchev–Trinajstić information content (AvgIpc) is 2.46. The van der Waals surface area contributed by atoms with Crippen molar-refractivity contribution in [2.24, 2.45) is 5.92 Å². The highest BCUT2D eigenvalue weighted by molar-refractivity contribution is 5.30. The largest absolute Gasteiger partial charge is 0.495 e. The molecule has 0 bridgehead atoms. The molecule has 2 rings (SSSR count). The Labute approximate surface area is 109 Å². The summed E-state index contributed by atoms with van der Waals surface area (Å²) in [4.78, 5) is 4.52. The van der Waals surface area contributed by atoms with Gasteiger partial charge in [-0.25, -0.2) is 0 Å². The second-order valence-electron chi connectivity index (χ2n) is 4.58. The number of rotatable bonds is 5. The zero-order valence-corrected chi connectivity index (χ0v) is 11.2. The van der Waals surface area contributed by atoms with E-state index in [1.54, 1.807) is 7.11 Å². The maximum Gasteiger partial charge on any atom is 0.141 e. The predicted octanol–water partition coefficient (Wildman–Crippen LogP) is 2.17. The molecule has 1 aromatic rings. The molecule has 1 N–H and O–H groups in total. The second-order valence-corrected chi connectivity index (χ2v) is 4.58. The predicted molar refractivity (Wildman–Crippen MR) is 70.7 cm³/mol. The summed E-state index contributed by atoms with van der Waals surface area (Å²) in [5.41, 5.74) is 1.02. The maximum absolute atomic E-state index is 5.44. The molecule has 100 valence electrons. The van der Waals surface area contributed by atoms with Gasteiger partial charge >= 0.3 is 0 Å². The van der Waals surface area contributed by atoms with E-state index in [1.807, 2.05) is 18.3 Å². The zero-order chi connectivity index (χ0) is 12.8. The number of aromatic nitrogens is 1. The molecule has 1 unspecified atom stereocenters. The van der Waals surface area contributed by atoms with Gasteiger partial charge in [-0.05, 0) is 37.4 Å². The lowest BCUT2D eigenvalue weighted by molar-refractivity contribution is 0.0529. The van der Waals surface area contributed by atoms with Crippen LogP contribution in [0.1, 0.15) is 31.5 Å². The third-order valence-corrected chi connectivity index (χ3v) is 3.48. The highest BCUT2D eigenvalue weighted by Gasteiger charge is 2.27. The van der Waals surface area contributed by atoms with E-state index in [4.69, 9.17) is 9.47 Å². The average molecular weight is 250 g/mol. The number of nitrogens with zero attached hydrogens (tertiary/aromatic N) is 1. The molecule has 0 spiro atoms. The van der Waals surface area contributed by atoms with E-state index in [0.29, 0.717) is 5.92 Å². The molecule has 0 radical (unpaired) electrons. The van der Waals surface area contributed by atoms with Crippen LogP contribution in [-0.4, -0.2) is 31.9 Å². The summed E-state index contributed by atoms with van der Waals surface area (Å²) < 4.78 is 10.9. The molecule has 1 fully saturated rings. The molecular weight excluding hydrogens is 228 g/mol. The van der Waals surface area contributed by atoms with Gasteiger partial charge in [0.15, 0.2) is 0 Å². The van der Waals surface area contributed by atoms with Crippen molar-refractivity contribution in [3.05, 3.63) is 24.0 Å². The van der Waals surface area contributed by atoms with Crippen LogP contribution in [0, 0.1) is 5.92 Å². The molecule has 1 aromatic heterocycles. The monoisotopic (exact) mass is 250 g/mol. The topological polar surface area (TPSA) is 43.4 Å². The van der Waals surface area contributed by atoms with E-state index in [9.17, 15) is 0 Å². The Morgan fingerprint density at radius 2 is 2.28 bits per heavy atom. The minimum atomic E-state index is 0.259. The fourth-order valence-electron chi connectivity index (χ4n) is 2.56. The summed E-state index contributed by atoms with van der Waals surface area (Å²) in [6.45, 7) is 4.76. The quantitative estimate of drug-likeness (QED) is 0.869. The first-order valence-corrected chi connectivity index (χ1v) is 6.66. The van der Waals surface area contributed by atoms with Crippen molar-refractivity contribution in [1.29, 1.82) is 0 Å². The third-order valence-electron chi connectivity index (χ3n) is 3.48. The van der Waals surface area contributed by atoms with Gasteiger partial charge in [0, 0.05) is 19.4 Å². The van der Waals surface area contributed by atoms with E-state index >= 15 is 0 Å². The number of ether oxygens (including phenoxy) is 2. The Morgan fingerprint density at radius 3 is 2.94 bits per heavy atom. The third kappa shape index (κ3) is 3.00. The van der Waals surface area contributed by atoms with E-state index in [2.05, 4.69) is 17.2 Å². The van der Waals surface area contributed by atoms with Crippen LogP contribution in [0.4, 0.5) is 0 Å². The Kier molecular flexibility index (Phi) is 4.96. The molecule has 4 heteroatoms. The van der Waals surface area contributed by atoms with Crippen molar-refractivity contribution in [3.8, 4) is 5.75 Å². The van der Waals surface area contributed by atoms with Crippen molar-refractivity contribution >= 4 is 0 Å². The lowest BCUT2D eigenvalue weighted by atomic mass is 9.89. The van der Waals surface area contributed by atoms with Gasteiger partial charge < -0.3 is 14.8 Å². The first-order valence-electron chi connectivity index (χ1n) is 6.66. The van der Waals surface area contributed by atoms with E-state index in [1.165, 1.54) is 0 Å². The Balaban J connectivity index is 2.22. The van der Waals surface area contributed by atoms with Crippen LogP contribution in [0.25, 0.3) is 0 Å². The minimum absolute atomic E-state index is 0.259. The van der Waals surface area contributed by atoms with Crippen molar-refractivity contribution in [2.45, 2.75) is 25.8 Å². The van der Waals surface area contributed by atoms with Crippen molar-refractivity contribution < 1.29 is 9.47 Å². The number of nitrogens with one attached hydrogen (secondary N) is 1. The van der Waals surface area contributed by atoms with E-state index in [-0.39, 0.29) is 6.04 Å². The molecule has 2 heterocycles. The number of hydrogen-bond donors (Lipinski definition) is 1. The summed E-state index contributed by atoms with van der Waals surface area (Å²) in [7, 11) is 1.70. The van der Waals surface area contributed by atoms with Gasteiger partial charge in [0.05, 0.1) is 18.8 Å². The van der Waals surface area contributed by atoms with Gasteiger partial charge in [0.1, 0.15) is 5.75 Å². The molecule has 4 nitrogen and oxygen atoms in total. The van der Waals surface area contributed by atoms with Gasteiger partial charge in [0.25, 0.3) is 0 Å². The van der Waals surface area contributed by atoms with E-state index in [0.717, 1.165) is 44.0 Å². The molecular formula is C14H22N2O2. The summed E-state index contributed by atoms with van der Waals surface area (Å²) >= 11 is 0. The van der Waals surface area contributed by atoms with Gasteiger partial charge in [0.2, 0.25) is 0 Å². The molecule has 1 saturated heterocycles. The molecule has 0 amide bonds. The highest BCUT2D eigenvalue weighted by Crippen LogP contribution is 2.33. The lowest BCUT2D eigenvalue weighted by Gasteiger charge is -2.31. The van der Waals surface area contributed by atoms with Gasteiger partial charge in [-0.3, -0.25) is 4.98 Å². The molecule has 1 aliphatic rings. The minimum Gasteiger partial charge on any atom is -0.495 e. The second kappa shape index (κ2) is 6.71. The standard InChI is InChI=1S/C14H22N2O2/c1-3-15-13(11-6-9-18-10-7-11)14-12(17-2)5-4-8-16-14/h4-5,8,11,13,15H,3,6-7,9-10H2,1-2H3. The fourth-order valence-corrected chi connectivity index (χ4v) is 2.56. The molecule has 0 aromatic carbocycles. The molecule has 1 aliphatic heterocycles. The normalized spacial score (nSPS) is 18.6. The highest BCUT2D eigenvalue weighted by atomic mass is 16.5.